The lowest BCUT2D eigenvalue weighted by Crippen LogP contribution is -2.28. The van der Waals surface area contributed by atoms with Crippen LogP contribution in [0.3, 0.4) is 0 Å². The molecule has 0 amide bonds. The molecule has 0 radical (unpaired) electrons. The molecule has 3 heterocycles. The van der Waals surface area contributed by atoms with Crippen LogP contribution in [0.15, 0.2) is 35.6 Å². The fourth-order valence-electron chi connectivity index (χ4n) is 2.60. The van der Waals surface area contributed by atoms with Crippen LogP contribution in [-0.2, 0) is 9.84 Å². The van der Waals surface area contributed by atoms with E-state index in [0.717, 1.165) is 0 Å². The van der Waals surface area contributed by atoms with Crippen molar-refractivity contribution in [2.24, 2.45) is 0 Å². The highest BCUT2D eigenvalue weighted by molar-refractivity contribution is 7.92. The van der Waals surface area contributed by atoms with Crippen LogP contribution in [0.2, 0.25) is 0 Å². The first-order valence-corrected chi connectivity index (χ1v) is 9.54. The Kier molecular flexibility index (Phi) is 4.32. The maximum atomic E-state index is 13.0. The van der Waals surface area contributed by atoms with Gasteiger partial charge in [0.05, 0.1) is 29.3 Å². The molecular weight excluding hydrogens is 366 g/mol. The average Bonchev–Trinajstić information content (AvgIpc) is 3.03. The van der Waals surface area contributed by atoms with Crippen molar-refractivity contribution in [1.82, 2.24) is 14.4 Å². The number of nitrogens with zero attached hydrogens (tertiary/aromatic N) is 4. The Morgan fingerprint density at radius 3 is 2.52 bits per heavy atom. The molecule has 140 valence electrons. The summed E-state index contributed by atoms with van der Waals surface area (Å²) < 4.78 is 31.9. The number of fused-ring (bicyclic) bond motifs is 1. The smallest absolute Gasteiger partial charge is 0.188 e. The van der Waals surface area contributed by atoms with Gasteiger partial charge in [0.1, 0.15) is 28.2 Å². The van der Waals surface area contributed by atoms with Gasteiger partial charge in [-0.05, 0) is 26.8 Å². The van der Waals surface area contributed by atoms with Crippen LogP contribution in [0, 0.1) is 11.3 Å². The highest BCUT2D eigenvalue weighted by Gasteiger charge is 2.34. The Hall–Kier alpha value is -3.12. The zero-order valence-electron chi connectivity index (χ0n) is 15.4. The molecule has 0 bridgehead atoms. The molecule has 0 spiro atoms. The normalized spacial score (nSPS) is 12.1. The molecule has 0 saturated heterocycles. The standard InChI is InChI=1S/C18H19N5O3S/c1-18(2,3)27(24,25)15-10-23-13(9-21-16(23)6-14(15)26-4)12-5-11(7-19)17(20)22-8-12/h5-6,8-10H,1-4H3,(H2,20,22). The fraction of sp³-hybridized carbons (Fsp3) is 0.278. The van der Waals surface area contributed by atoms with Gasteiger partial charge in [0.25, 0.3) is 0 Å². The molecule has 8 nitrogen and oxygen atoms in total. The van der Waals surface area contributed by atoms with Crippen LogP contribution < -0.4 is 10.5 Å². The monoisotopic (exact) mass is 385 g/mol. The largest absolute Gasteiger partial charge is 0.495 e. The SMILES string of the molecule is COc1cc2ncc(-c3cnc(N)c(C#N)c3)n2cc1S(=O)(=O)C(C)(C)C. The molecule has 0 aliphatic heterocycles. The van der Waals surface area contributed by atoms with Gasteiger partial charge in [0.2, 0.25) is 0 Å². The lowest BCUT2D eigenvalue weighted by molar-refractivity contribution is 0.401. The number of hydrogen-bond donors (Lipinski definition) is 1. The van der Waals surface area contributed by atoms with E-state index < -0.39 is 14.6 Å². The van der Waals surface area contributed by atoms with Crippen LogP contribution in [0.5, 0.6) is 5.75 Å². The first-order valence-electron chi connectivity index (χ1n) is 8.06. The van der Waals surface area contributed by atoms with Crippen LogP contribution >= 0.6 is 0 Å². The zero-order valence-corrected chi connectivity index (χ0v) is 16.2. The van der Waals surface area contributed by atoms with Gasteiger partial charge in [-0.1, -0.05) is 0 Å². The van der Waals surface area contributed by atoms with E-state index in [1.807, 2.05) is 6.07 Å². The summed E-state index contributed by atoms with van der Waals surface area (Å²) in [6, 6.07) is 5.15. The van der Waals surface area contributed by atoms with Crippen LogP contribution in [0.4, 0.5) is 5.82 Å². The number of hydrogen-bond acceptors (Lipinski definition) is 7. The Morgan fingerprint density at radius 2 is 1.93 bits per heavy atom. The van der Waals surface area contributed by atoms with Crippen molar-refractivity contribution < 1.29 is 13.2 Å². The number of ether oxygens (including phenoxy) is 1. The zero-order chi connectivity index (χ0) is 20.0. The molecule has 9 heteroatoms. The summed E-state index contributed by atoms with van der Waals surface area (Å²) in [7, 11) is -2.25. The number of anilines is 1. The molecular formula is C18H19N5O3S. The van der Waals surface area contributed by atoms with E-state index in [-0.39, 0.29) is 22.0 Å². The summed E-state index contributed by atoms with van der Waals surface area (Å²) in [5.74, 6) is 0.357. The second kappa shape index (κ2) is 6.25. The minimum Gasteiger partial charge on any atom is -0.495 e. The lowest BCUT2D eigenvalue weighted by atomic mass is 10.1. The van der Waals surface area contributed by atoms with Gasteiger partial charge in [-0.3, -0.25) is 4.40 Å². The minimum atomic E-state index is -3.67. The van der Waals surface area contributed by atoms with E-state index in [0.29, 0.717) is 16.9 Å². The molecule has 0 aromatic carbocycles. The van der Waals surface area contributed by atoms with Crippen LogP contribution in [-0.4, -0.2) is 34.6 Å². The highest BCUT2D eigenvalue weighted by Crippen LogP contribution is 2.34. The number of aromatic nitrogens is 3. The summed E-state index contributed by atoms with van der Waals surface area (Å²) >= 11 is 0. The molecule has 27 heavy (non-hydrogen) atoms. The van der Waals surface area contributed by atoms with Crippen molar-refractivity contribution in [1.29, 1.82) is 5.26 Å². The predicted octanol–water partition coefficient (Wildman–Crippen LogP) is 2.43. The van der Waals surface area contributed by atoms with Gasteiger partial charge in [-0.15, -0.1) is 0 Å². The van der Waals surface area contributed by atoms with Gasteiger partial charge in [0, 0.05) is 24.0 Å². The number of nitriles is 1. The van der Waals surface area contributed by atoms with E-state index in [1.165, 1.54) is 19.5 Å². The van der Waals surface area contributed by atoms with Gasteiger partial charge in [-0.25, -0.2) is 18.4 Å². The van der Waals surface area contributed by atoms with E-state index in [1.54, 1.807) is 43.5 Å². The molecule has 3 aromatic heterocycles. The number of nitrogen functional groups attached to an aromatic ring is 1. The van der Waals surface area contributed by atoms with E-state index in [9.17, 15) is 13.7 Å². The van der Waals surface area contributed by atoms with Crippen molar-refractivity contribution >= 4 is 21.3 Å². The minimum absolute atomic E-state index is 0.0631. The first kappa shape index (κ1) is 18.7. The number of imidazole rings is 1. The molecule has 0 atom stereocenters. The molecule has 3 rings (SSSR count). The second-order valence-electron chi connectivity index (χ2n) is 6.96. The Labute approximate surface area is 157 Å². The molecule has 0 unspecified atom stereocenters. The molecule has 0 saturated carbocycles. The maximum absolute atomic E-state index is 13.0. The number of sulfone groups is 1. The van der Waals surface area contributed by atoms with Crippen molar-refractivity contribution in [3.63, 3.8) is 0 Å². The van der Waals surface area contributed by atoms with Gasteiger partial charge in [0.15, 0.2) is 9.84 Å². The number of pyridine rings is 2. The summed E-state index contributed by atoms with van der Waals surface area (Å²) in [5, 5.41) is 9.17. The molecule has 2 N–H and O–H groups in total. The third-order valence-electron chi connectivity index (χ3n) is 4.23. The quantitative estimate of drug-likeness (QED) is 0.734. The second-order valence-corrected chi connectivity index (χ2v) is 9.63. The topological polar surface area (TPSA) is 123 Å². The number of nitrogens with two attached hydrogens (primary N) is 1. The Morgan fingerprint density at radius 1 is 1.22 bits per heavy atom. The van der Waals surface area contributed by atoms with Crippen molar-refractivity contribution in [3.8, 4) is 23.1 Å². The molecule has 0 aliphatic rings. The lowest BCUT2D eigenvalue weighted by Gasteiger charge is -2.21. The predicted molar refractivity (Wildman–Crippen MR) is 101 cm³/mol. The van der Waals surface area contributed by atoms with Gasteiger partial charge in [-0.2, -0.15) is 5.26 Å². The van der Waals surface area contributed by atoms with Crippen molar-refractivity contribution in [3.05, 3.63) is 36.3 Å². The maximum Gasteiger partial charge on any atom is 0.188 e. The van der Waals surface area contributed by atoms with E-state index in [4.69, 9.17) is 10.5 Å². The van der Waals surface area contributed by atoms with E-state index >= 15 is 0 Å². The van der Waals surface area contributed by atoms with Crippen LogP contribution in [0.25, 0.3) is 16.9 Å². The Balaban J connectivity index is 2.31. The summed E-state index contributed by atoms with van der Waals surface area (Å²) in [6.45, 7) is 4.89. The number of methoxy groups -OCH3 is 1. The molecule has 0 fully saturated rings. The fourth-order valence-corrected chi connectivity index (χ4v) is 3.91. The average molecular weight is 385 g/mol. The van der Waals surface area contributed by atoms with E-state index in [2.05, 4.69) is 9.97 Å². The first-order chi connectivity index (χ1) is 12.6. The van der Waals surface area contributed by atoms with Gasteiger partial charge >= 0.3 is 0 Å². The molecule has 3 aromatic rings. The highest BCUT2D eigenvalue weighted by atomic mass is 32.2. The van der Waals surface area contributed by atoms with Crippen LogP contribution in [0.1, 0.15) is 26.3 Å². The van der Waals surface area contributed by atoms with Crippen molar-refractivity contribution in [2.75, 3.05) is 12.8 Å². The third-order valence-corrected chi connectivity index (χ3v) is 6.72. The Bertz CT molecular complexity index is 1180. The summed E-state index contributed by atoms with van der Waals surface area (Å²) in [6.07, 6.45) is 4.58. The third kappa shape index (κ3) is 2.98. The van der Waals surface area contributed by atoms with Crippen molar-refractivity contribution in [2.45, 2.75) is 30.4 Å². The molecule has 0 aliphatic carbocycles. The number of rotatable bonds is 3. The summed E-state index contributed by atoms with van der Waals surface area (Å²) in [5.41, 5.74) is 7.60. The summed E-state index contributed by atoms with van der Waals surface area (Å²) in [4.78, 5) is 8.40. The van der Waals surface area contributed by atoms with Gasteiger partial charge < -0.3 is 10.5 Å².